The predicted molar refractivity (Wildman–Crippen MR) is 146 cm³/mol. The van der Waals surface area contributed by atoms with Crippen LogP contribution < -0.4 is 15.9 Å². The smallest absolute Gasteiger partial charge is 0.410 e. The number of ether oxygens (including phenoxy) is 1. The molecule has 0 atom stereocenters. The molecule has 1 aliphatic rings. The zero-order chi connectivity index (χ0) is 26.9. The third kappa shape index (κ3) is 5.33. The Kier molecular flexibility index (Phi) is 7.02. The van der Waals surface area contributed by atoms with Crippen LogP contribution in [0.15, 0.2) is 47.7 Å². The largest absolute Gasteiger partial charge is 0.444 e. The van der Waals surface area contributed by atoms with Crippen molar-refractivity contribution in [2.45, 2.75) is 32.8 Å². The average molecular weight is 537 g/mol. The summed E-state index contributed by atoms with van der Waals surface area (Å²) in [6.45, 7) is 7.69. The number of piperazine rings is 1. The summed E-state index contributed by atoms with van der Waals surface area (Å²) in [5.74, 6) is 1.19. The third-order valence-electron chi connectivity index (χ3n) is 6.12. The summed E-state index contributed by atoms with van der Waals surface area (Å²) in [5.41, 5.74) is 1.13. The van der Waals surface area contributed by atoms with Crippen LogP contribution in [0.4, 0.5) is 10.6 Å². The van der Waals surface area contributed by atoms with Gasteiger partial charge in [0, 0.05) is 32.3 Å². The van der Waals surface area contributed by atoms with Gasteiger partial charge in [-0.2, -0.15) is 0 Å². The molecule has 0 radical (unpaired) electrons. The van der Waals surface area contributed by atoms with Gasteiger partial charge in [0.1, 0.15) is 23.3 Å². The Morgan fingerprint density at radius 1 is 1.05 bits per heavy atom. The molecule has 198 valence electrons. The van der Waals surface area contributed by atoms with Crippen molar-refractivity contribution in [3.63, 3.8) is 0 Å². The summed E-state index contributed by atoms with van der Waals surface area (Å²) in [7, 11) is 0. The Bertz CT molecular complexity index is 1540. The number of hydrogen-bond acceptors (Lipinski definition) is 9. The summed E-state index contributed by atoms with van der Waals surface area (Å²) in [6, 6.07) is 8.95. The van der Waals surface area contributed by atoms with E-state index in [-0.39, 0.29) is 11.7 Å². The van der Waals surface area contributed by atoms with Gasteiger partial charge in [0.2, 0.25) is 0 Å². The van der Waals surface area contributed by atoms with Crippen LogP contribution in [0.5, 0.6) is 0 Å². The quantitative estimate of drug-likeness (QED) is 0.410. The standard InChI is InChI=1S/C26H29ClN8O3/c1-26(2,3)38-25(37)33-12-14-34(15-13-33)35-20(32-18-7-4-6-17(27)21(18)24(35)36)9-11-29-23-22-19(30-16-31-23)8-5-10-28-22/h4-8,10,16H,9,11-15H2,1-3H3,(H,29,30,31). The number of benzene rings is 1. The first kappa shape index (κ1) is 25.7. The highest BCUT2D eigenvalue weighted by atomic mass is 35.5. The second-order valence-electron chi connectivity index (χ2n) is 9.97. The maximum Gasteiger partial charge on any atom is 0.410 e. The Hall–Kier alpha value is -3.99. The number of nitrogens with one attached hydrogen (secondary N) is 1. The van der Waals surface area contributed by atoms with Crippen LogP contribution in [0.2, 0.25) is 5.02 Å². The summed E-state index contributed by atoms with van der Waals surface area (Å²) in [6.07, 6.45) is 3.25. The molecule has 1 N–H and O–H groups in total. The number of pyridine rings is 1. The van der Waals surface area contributed by atoms with Crippen LogP contribution in [-0.2, 0) is 11.2 Å². The second kappa shape index (κ2) is 10.4. The lowest BCUT2D eigenvalue weighted by molar-refractivity contribution is 0.0231. The number of fused-ring (bicyclic) bond motifs is 2. The first-order valence-corrected chi connectivity index (χ1v) is 12.8. The average Bonchev–Trinajstić information content (AvgIpc) is 2.88. The first-order valence-electron chi connectivity index (χ1n) is 12.4. The molecule has 1 amide bonds. The van der Waals surface area contributed by atoms with Crippen LogP contribution in [0.25, 0.3) is 21.9 Å². The van der Waals surface area contributed by atoms with Crippen LogP contribution >= 0.6 is 11.6 Å². The molecule has 1 fully saturated rings. The molecule has 0 bridgehead atoms. The van der Waals surface area contributed by atoms with Crippen LogP contribution in [0, 0.1) is 0 Å². The Morgan fingerprint density at radius 3 is 2.58 bits per heavy atom. The second-order valence-corrected chi connectivity index (χ2v) is 10.4. The lowest BCUT2D eigenvalue weighted by Crippen LogP contribution is -2.56. The molecule has 1 aromatic carbocycles. The fourth-order valence-corrected chi connectivity index (χ4v) is 4.65. The maximum absolute atomic E-state index is 13.7. The SMILES string of the molecule is CC(C)(C)OC(=O)N1CCN(n2c(CCNc3ncnc4cccnc34)nc3cccc(Cl)c3c2=O)CC1. The van der Waals surface area contributed by atoms with E-state index in [1.165, 1.54) is 6.33 Å². The van der Waals surface area contributed by atoms with Crippen molar-refractivity contribution in [1.29, 1.82) is 0 Å². The highest BCUT2D eigenvalue weighted by Gasteiger charge is 2.28. The minimum Gasteiger partial charge on any atom is -0.444 e. The van der Waals surface area contributed by atoms with Gasteiger partial charge in [-0.15, -0.1) is 0 Å². The first-order chi connectivity index (χ1) is 18.2. The number of aromatic nitrogens is 5. The number of amides is 1. The number of hydrogen-bond donors (Lipinski definition) is 1. The maximum atomic E-state index is 13.7. The molecule has 1 aliphatic heterocycles. The molecule has 1 saturated heterocycles. The van der Waals surface area contributed by atoms with Gasteiger partial charge in [0.25, 0.3) is 5.56 Å². The Labute approximate surface area is 224 Å². The molecule has 12 heteroatoms. The number of halogens is 1. The number of anilines is 1. The molecule has 0 aliphatic carbocycles. The third-order valence-corrected chi connectivity index (χ3v) is 6.43. The van der Waals surface area contributed by atoms with Gasteiger partial charge in [0.15, 0.2) is 5.82 Å². The molecular weight excluding hydrogens is 508 g/mol. The minimum absolute atomic E-state index is 0.240. The topological polar surface area (TPSA) is 118 Å². The lowest BCUT2D eigenvalue weighted by atomic mass is 10.2. The molecule has 0 saturated carbocycles. The van der Waals surface area contributed by atoms with Gasteiger partial charge in [-0.3, -0.25) is 9.78 Å². The van der Waals surface area contributed by atoms with Crippen molar-refractivity contribution in [2.75, 3.05) is 43.0 Å². The molecule has 11 nitrogen and oxygen atoms in total. The van der Waals surface area contributed by atoms with E-state index in [0.717, 1.165) is 5.52 Å². The fraction of sp³-hybridized carbons (Fsp3) is 0.385. The van der Waals surface area contributed by atoms with Gasteiger partial charge in [-0.25, -0.2) is 24.4 Å². The van der Waals surface area contributed by atoms with E-state index in [9.17, 15) is 9.59 Å². The van der Waals surface area contributed by atoms with Gasteiger partial charge in [-0.05, 0) is 45.0 Å². The highest BCUT2D eigenvalue weighted by Crippen LogP contribution is 2.20. The lowest BCUT2D eigenvalue weighted by Gasteiger charge is -2.37. The summed E-state index contributed by atoms with van der Waals surface area (Å²) in [5, 5.41) is 5.94. The highest BCUT2D eigenvalue weighted by molar-refractivity contribution is 6.35. The molecular formula is C26H29ClN8O3. The number of carbonyl (C=O) groups is 1. The van der Waals surface area contributed by atoms with E-state index in [0.29, 0.717) is 72.2 Å². The van der Waals surface area contributed by atoms with E-state index in [2.05, 4.69) is 20.3 Å². The van der Waals surface area contributed by atoms with Gasteiger partial charge >= 0.3 is 6.09 Å². The van der Waals surface area contributed by atoms with E-state index >= 15 is 0 Å². The van der Waals surface area contributed by atoms with Gasteiger partial charge in [-0.1, -0.05) is 17.7 Å². The minimum atomic E-state index is -0.575. The predicted octanol–water partition coefficient (Wildman–Crippen LogP) is 3.23. The van der Waals surface area contributed by atoms with E-state index in [1.54, 1.807) is 34.0 Å². The van der Waals surface area contributed by atoms with E-state index in [4.69, 9.17) is 21.3 Å². The molecule has 0 unspecified atom stereocenters. The van der Waals surface area contributed by atoms with Crippen molar-refractivity contribution in [3.8, 4) is 0 Å². The zero-order valence-electron chi connectivity index (χ0n) is 21.5. The van der Waals surface area contributed by atoms with Gasteiger partial charge in [0.05, 0.1) is 34.5 Å². The molecule has 4 heterocycles. The Morgan fingerprint density at radius 2 is 1.82 bits per heavy atom. The number of rotatable bonds is 5. The summed E-state index contributed by atoms with van der Waals surface area (Å²) >= 11 is 6.42. The fourth-order valence-electron chi connectivity index (χ4n) is 4.40. The van der Waals surface area contributed by atoms with Crippen molar-refractivity contribution in [3.05, 3.63) is 64.1 Å². The summed E-state index contributed by atoms with van der Waals surface area (Å²) < 4.78 is 7.11. The van der Waals surface area contributed by atoms with Gasteiger partial charge < -0.3 is 20.0 Å². The van der Waals surface area contributed by atoms with Crippen molar-refractivity contribution in [2.24, 2.45) is 0 Å². The normalized spacial score (nSPS) is 14.2. The summed E-state index contributed by atoms with van der Waals surface area (Å²) in [4.78, 5) is 45.7. The van der Waals surface area contributed by atoms with Crippen molar-refractivity contribution < 1.29 is 9.53 Å². The molecule has 4 aromatic rings. The Balaban J connectivity index is 1.40. The van der Waals surface area contributed by atoms with E-state index in [1.807, 2.05) is 37.9 Å². The number of nitrogens with zero attached hydrogens (tertiary/aromatic N) is 7. The molecule has 0 spiro atoms. The number of carbonyl (C=O) groups excluding carboxylic acids is 1. The van der Waals surface area contributed by atoms with Crippen molar-refractivity contribution in [1.82, 2.24) is 29.5 Å². The van der Waals surface area contributed by atoms with Crippen molar-refractivity contribution >= 4 is 45.4 Å². The van der Waals surface area contributed by atoms with Crippen LogP contribution in [-0.4, -0.2) is 73.9 Å². The zero-order valence-corrected chi connectivity index (χ0v) is 22.3. The molecule has 3 aromatic heterocycles. The molecule has 38 heavy (non-hydrogen) atoms. The van der Waals surface area contributed by atoms with Crippen LogP contribution in [0.1, 0.15) is 26.6 Å². The molecule has 5 rings (SSSR count). The van der Waals surface area contributed by atoms with Crippen LogP contribution in [0.3, 0.4) is 0 Å². The van der Waals surface area contributed by atoms with E-state index < -0.39 is 5.60 Å². The monoisotopic (exact) mass is 536 g/mol.